The van der Waals surface area contributed by atoms with E-state index in [-0.39, 0.29) is 5.57 Å². The van der Waals surface area contributed by atoms with E-state index in [4.69, 9.17) is 27.7 Å². The first kappa shape index (κ1) is 25.7. The van der Waals surface area contributed by atoms with E-state index in [1.807, 2.05) is 0 Å². The summed E-state index contributed by atoms with van der Waals surface area (Å²) in [5, 5.41) is 20.6. The van der Waals surface area contributed by atoms with E-state index < -0.39 is 39.7 Å². The van der Waals surface area contributed by atoms with Crippen molar-refractivity contribution in [1.82, 2.24) is 5.32 Å². The van der Waals surface area contributed by atoms with E-state index in [1.54, 1.807) is 0 Å². The number of carbonyl (C=O) groups excluding carboxylic acids is 1. The number of carbonyl (C=O) groups is 3. The minimum Gasteiger partial charge on any atom is -0.481 e. The number of allylic oxidation sites excluding steroid dienone is 2. The smallest absolute Gasteiger partial charge is 0.394 e. The zero-order valence-electron chi connectivity index (χ0n) is 14.5. The van der Waals surface area contributed by atoms with Crippen molar-refractivity contribution < 1.29 is 42.1 Å². The topological polar surface area (TPSA) is 178 Å². The van der Waals surface area contributed by atoms with Gasteiger partial charge in [-0.3, -0.25) is 18.7 Å². The molecule has 0 saturated carbocycles. The van der Waals surface area contributed by atoms with Crippen LogP contribution in [0.1, 0.15) is 27.2 Å². The van der Waals surface area contributed by atoms with Gasteiger partial charge in [-0.25, -0.2) is 4.79 Å². The van der Waals surface area contributed by atoms with E-state index in [0.29, 0.717) is 0 Å². The first-order valence-electron chi connectivity index (χ1n) is 7.24. The van der Waals surface area contributed by atoms with E-state index in [9.17, 15) is 14.4 Å². The predicted molar refractivity (Wildman–Crippen MR) is 92.9 cm³/mol. The predicted octanol–water partition coefficient (Wildman–Crippen LogP) is 1.09. The molecule has 1 aliphatic rings. The van der Waals surface area contributed by atoms with Crippen molar-refractivity contribution in [1.29, 1.82) is 0 Å². The summed E-state index contributed by atoms with van der Waals surface area (Å²) in [7, 11) is -4.67. The summed E-state index contributed by atoms with van der Waals surface area (Å²) >= 11 is 0. The minimum absolute atomic E-state index is 0.187. The molecule has 2 unspecified atom stereocenters. The van der Waals surface area contributed by atoms with Crippen LogP contribution in [0.5, 0.6) is 0 Å². The molecule has 1 amide bonds. The molecule has 0 aromatic heterocycles. The third-order valence-electron chi connectivity index (χ3n) is 2.81. The van der Waals surface area contributed by atoms with Crippen molar-refractivity contribution in [3.8, 4) is 0 Å². The summed E-state index contributed by atoms with van der Waals surface area (Å²) in [6.07, 6.45) is 6.16. The fourth-order valence-corrected chi connectivity index (χ4v) is 1.87. The molecular formula is C15H23NO9S. The van der Waals surface area contributed by atoms with E-state index in [1.165, 1.54) is 31.6 Å². The lowest BCUT2D eigenvalue weighted by molar-refractivity contribution is -0.142. The zero-order chi connectivity index (χ0) is 21.1. The molecule has 0 aromatic rings. The van der Waals surface area contributed by atoms with Gasteiger partial charge in [-0.2, -0.15) is 8.42 Å². The van der Waals surface area contributed by atoms with Crippen LogP contribution in [0.2, 0.25) is 0 Å². The molecule has 0 bridgehead atoms. The van der Waals surface area contributed by atoms with Gasteiger partial charge in [0.15, 0.2) is 0 Å². The Kier molecular flexibility index (Phi) is 11.1. The third kappa shape index (κ3) is 9.71. The Morgan fingerprint density at radius 1 is 1.27 bits per heavy atom. The molecule has 0 aliphatic heterocycles. The molecule has 148 valence electrons. The van der Waals surface area contributed by atoms with Crippen LogP contribution in [0.4, 0.5) is 0 Å². The van der Waals surface area contributed by atoms with Crippen LogP contribution in [0.25, 0.3) is 0 Å². The van der Waals surface area contributed by atoms with Gasteiger partial charge in [-0.05, 0) is 19.1 Å². The van der Waals surface area contributed by atoms with Crippen LogP contribution in [0, 0.1) is 5.92 Å². The normalized spacial score (nSPS) is 21.0. The van der Waals surface area contributed by atoms with Crippen molar-refractivity contribution in [2.24, 2.45) is 5.92 Å². The average Bonchev–Trinajstić information content (AvgIpc) is 2.45. The summed E-state index contributed by atoms with van der Waals surface area (Å²) in [5.74, 6) is -4.29. The monoisotopic (exact) mass is 393 g/mol. The lowest BCUT2D eigenvalue weighted by atomic mass is 9.75. The maximum Gasteiger partial charge on any atom is 0.394 e. The second kappa shape index (κ2) is 11.2. The van der Waals surface area contributed by atoms with Gasteiger partial charge in [0, 0.05) is 0 Å². The Morgan fingerprint density at radius 2 is 1.69 bits per heavy atom. The van der Waals surface area contributed by atoms with Crippen LogP contribution in [0.3, 0.4) is 0 Å². The van der Waals surface area contributed by atoms with E-state index in [0.717, 1.165) is 6.08 Å². The molecule has 11 heteroatoms. The molecule has 0 heterocycles. The summed E-state index contributed by atoms with van der Waals surface area (Å²) in [6.45, 7) is 8.86. The van der Waals surface area contributed by atoms with Gasteiger partial charge < -0.3 is 15.5 Å². The molecule has 1 rings (SSSR count). The van der Waals surface area contributed by atoms with E-state index in [2.05, 4.69) is 25.7 Å². The van der Waals surface area contributed by atoms with Gasteiger partial charge in [0.2, 0.25) is 5.91 Å². The largest absolute Gasteiger partial charge is 0.481 e. The minimum atomic E-state index is -4.67. The summed E-state index contributed by atoms with van der Waals surface area (Å²) < 4.78 is 31.6. The molecule has 0 radical (unpaired) electrons. The number of aliphatic carboxylic acids is 2. The Balaban J connectivity index is 0. The maximum atomic E-state index is 11.4. The number of carboxylic acid groups (broad SMARTS) is 2. The molecule has 0 spiro atoms. The number of amides is 1. The molecule has 10 nitrogen and oxygen atoms in total. The van der Waals surface area contributed by atoms with Gasteiger partial charge in [-0.15, -0.1) is 0 Å². The number of nitrogens with one attached hydrogen (secondary N) is 1. The van der Waals surface area contributed by atoms with Gasteiger partial charge in [-0.1, -0.05) is 39.0 Å². The molecule has 0 aromatic carbocycles. The number of carboxylic acids is 2. The zero-order valence-corrected chi connectivity index (χ0v) is 15.4. The maximum absolute atomic E-state index is 11.4. The Bertz CT molecular complexity index is 686. The fourth-order valence-electron chi connectivity index (χ4n) is 1.87. The van der Waals surface area contributed by atoms with Crippen molar-refractivity contribution in [3.63, 3.8) is 0 Å². The van der Waals surface area contributed by atoms with Crippen LogP contribution < -0.4 is 5.32 Å². The fraction of sp³-hybridized carbons (Fsp3) is 0.400. The summed E-state index contributed by atoms with van der Waals surface area (Å²) in [5.41, 5.74) is -1.70. The summed E-state index contributed by atoms with van der Waals surface area (Å²) in [4.78, 5) is 33.7. The second-order valence-corrected chi connectivity index (χ2v) is 6.03. The Labute approximate surface area is 151 Å². The highest BCUT2D eigenvalue weighted by atomic mass is 32.3. The Hall–Kier alpha value is -2.50. The number of hydrogen-bond acceptors (Lipinski definition) is 5. The molecule has 2 atom stereocenters. The standard InChI is InChI=1S/C12H13NO5.C3H8.H2O4S/c1-3-9(14)13-12(2)7(10(15)16)5-4-6-8(12)11(17)18;1-3-2;1-5(2,3)4/h3-7H,1H2,2H3,(H,13,14)(H,15,16)(H,17,18);3H2,1-2H3;(H2,1,2,3,4). The number of rotatable bonds is 4. The van der Waals surface area contributed by atoms with Crippen molar-refractivity contribution in [3.05, 3.63) is 36.5 Å². The van der Waals surface area contributed by atoms with Crippen molar-refractivity contribution in [2.75, 3.05) is 0 Å². The third-order valence-corrected chi connectivity index (χ3v) is 2.81. The SMILES string of the molecule is C=CC(=O)NC1(C)C(C(=O)O)=CC=CC1C(=O)O.CCC.O=S(=O)(O)O. The highest BCUT2D eigenvalue weighted by molar-refractivity contribution is 7.79. The van der Waals surface area contributed by atoms with Gasteiger partial charge in [0.25, 0.3) is 0 Å². The highest BCUT2D eigenvalue weighted by Crippen LogP contribution is 2.31. The van der Waals surface area contributed by atoms with Crippen LogP contribution in [0.15, 0.2) is 36.5 Å². The summed E-state index contributed by atoms with van der Waals surface area (Å²) in [6, 6.07) is 0. The van der Waals surface area contributed by atoms with Gasteiger partial charge >= 0.3 is 22.3 Å². The molecule has 1 aliphatic carbocycles. The molecular weight excluding hydrogens is 370 g/mol. The van der Waals surface area contributed by atoms with E-state index >= 15 is 0 Å². The van der Waals surface area contributed by atoms with Crippen molar-refractivity contribution >= 4 is 28.2 Å². The number of hydrogen-bond donors (Lipinski definition) is 5. The molecule has 26 heavy (non-hydrogen) atoms. The Morgan fingerprint density at radius 3 is 2.00 bits per heavy atom. The van der Waals surface area contributed by atoms with Crippen LogP contribution in [-0.2, 0) is 24.8 Å². The first-order valence-corrected chi connectivity index (χ1v) is 8.63. The van der Waals surface area contributed by atoms with Gasteiger partial charge in [0.1, 0.15) is 5.92 Å². The molecule has 0 saturated heterocycles. The van der Waals surface area contributed by atoms with Crippen molar-refractivity contribution in [2.45, 2.75) is 32.7 Å². The van der Waals surface area contributed by atoms with Crippen LogP contribution in [-0.4, -0.2) is 51.1 Å². The van der Waals surface area contributed by atoms with Gasteiger partial charge in [0.05, 0.1) is 11.1 Å². The quantitative estimate of drug-likeness (QED) is 0.345. The van der Waals surface area contributed by atoms with Crippen LogP contribution >= 0.6 is 0 Å². The average molecular weight is 393 g/mol. The molecule has 5 N–H and O–H groups in total. The highest BCUT2D eigenvalue weighted by Gasteiger charge is 2.45. The lowest BCUT2D eigenvalue weighted by Crippen LogP contribution is -2.56. The molecule has 0 fully saturated rings. The lowest BCUT2D eigenvalue weighted by Gasteiger charge is -2.36. The first-order chi connectivity index (χ1) is 11.7. The second-order valence-electron chi connectivity index (χ2n) is 5.14.